The number of carbonyl (C=O) groups excluding carboxylic acids is 1. The molecule has 0 saturated carbocycles. The van der Waals surface area contributed by atoms with Crippen molar-refractivity contribution in [1.82, 2.24) is 5.16 Å². The molecule has 0 saturated heterocycles. The second-order valence-corrected chi connectivity index (χ2v) is 3.07. The van der Waals surface area contributed by atoms with Crippen LogP contribution in [-0.4, -0.2) is 11.1 Å². The van der Waals surface area contributed by atoms with Crippen LogP contribution in [0.15, 0.2) is 35.1 Å². The van der Waals surface area contributed by atoms with Crippen LogP contribution in [0.2, 0.25) is 0 Å². The topological polar surface area (TPSA) is 81.2 Å². The lowest BCUT2D eigenvalue weighted by Gasteiger charge is -2.04. The number of nitrogens with zero attached hydrogens (tertiary/aromatic N) is 1. The van der Waals surface area contributed by atoms with Gasteiger partial charge in [0, 0.05) is 11.8 Å². The zero-order chi connectivity index (χ0) is 11.5. The van der Waals surface area contributed by atoms with Gasteiger partial charge in [0.15, 0.2) is 5.82 Å². The summed E-state index contributed by atoms with van der Waals surface area (Å²) in [5.41, 5.74) is 5.76. The predicted molar refractivity (Wildman–Crippen MR) is 55.3 cm³/mol. The maximum Gasteiger partial charge on any atom is 0.258 e. The highest BCUT2D eigenvalue weighted by molar-refractivity contribution is 6.07. The molecule has 1 aromatic carbocycles. The average molecular weight is 221 g/mol. The molecule has 0 radical (unpaired) electrons. The number of benzene rings is 1. The van der Waals surface area contributed by atoms with E-state index >= 15 is 0 Å². The third-order valence-corrected chi connectivity index (χ3v) is 1.94. The average Bonchev–Trinajstić information content (AvgIpc) is 2.70. The lowest BCUT2D eigenvalue weighted by molar-refractivity contribution is 0.102. The van der Waals surface area contributed by atoms with E-state index in [1.165, 1.54) is 18.4 Å². The second-order valence-electron chi connectivity index (χ2n) is 3.07. The van der Waals surface area contributed by atoms with Gasteiger partial charge < -0.3 is 15.6 Å². The summed E-state index contributed by atoms with van der Waals surface area (Å²) in [6.07, 6.45) is 1.32. The molecule has 2 aromatic rings. The second kappa shape index (κ2) is 4.01. The summed E-state index contributed by atoms with van der Waals surface area (Å²) >= 11 is 0. The standard InChI is InChI=1S/C10H8FN3O2/c11-6-1-2-7(8(12)5-6)10(15)13-9-3-4-16-14-9/h1-5H,12H2,(H,13,14,15). The lowest BCUT2D eigenvalue weighted by atomic mass is 10.1. The molecule has 1 heterocycles. The molecule has 0 aliphatic heterocycles. The first-order valence-corrected chi connectivity index (χ1v) is 4.43. The summed E-state index contributed by atoms with van der Waals surface area (Å²) in [7, 11) is 0. The van der Waals surface area contributed by atoms with Crippen molar-refractivity contribution in [3.8, 4) is 0 Å². The molecule has 0 unspecified atom stereocenters. The molecular weight excluding hydrogens is 213 g/mol. The van der Waals surface area contributed by atoms with Crippen LogP contribution in [-0.2, 0) is 0 Å². The van der Waals surface area contributed by atoms with E-state index in [1.807, 2.05) is 0 Å². The van der Waals surface area contributed by atoms with Crippen molar-refractivity contribution >= 4 is 17.4 Å². The molecule has 82 valence electrons. The maximum atomic E-state index is 12.7. The van der Waals surface area contributed by atoms with Crippen LogP contribution in [0.3, 0.4) is 0 Å². The van der Waals surface area contributed by atoms with Gasteiger partial charge in [0.2, 0.25) is 0 Å². The highest BCUT2D eigenvalue weighted by Crippen LogP contribution is 2.15. The number of rotatable bonds is 2. The van der Waals surface area contributed by atoms with Crippen molar-refractivity contribution in [3.05, 3.63) is 41.9 Å². The number of hydrogen-bond acceptors (Lipinski definition) is 4. The summed E-state index contributed by atoms with van der Waals surface area (Å²) in [6.45, 7) is 0. The Bertz CT molecular complexity index is 511. The number of amides is 1. The van der Waals surface area contributed by atoms with Gasteiger partial charge in [-0.05, 0) is 18.2 Å². The van der Waals surface area contributed by atoms with Gasteiger partial charge in [0.1, 0.15) is 12.1 Å². The summed E-state index contributed by atoms with van der Waals surface area (Å²) in [5, 5.41) is 5.96. The van der Waals surface area contributed by atoms with Crippen molar-refractivity contribution in [1.29, 1.82) is 0 Å². The molecule has 0 fully saturated rings. The van der Waals surface area contributed by atoms with Gasteiger partial charge in [0.05, 0.1) is 5.56 Å². The first-order valence-electron chi connectivity index (χ1n) is 4.43. The molecule has 0 spiro atoms. The number of nitrogen functional groups attached to an aromatic ring is 1. The van der Waals surface area contributed by atoms with Crippen molar-refractivity contribution < 1.29 is 13.7 Å². The fourth-order valence-corrected chi connectivity index (χ4v) is 1.20. The summed E-state index contributed by atoms with van der Waals surface area (Å²) in [4.78, 5) is 11.6. The van der Waals surface area contributed by atoms with E-state index < -0.39 is 11.7 Å². The minimum atomic E-state index is -0.490. The first-order chi connectivity index (χ1) is 7.66. The van der Waals surface area contributed by atoms with Crippen molar-refractivity contribution in [2.24, 2.45) is 0 Å². The van der Waals surface area contributed by atoms with Crippen LogP contribution in [0.5, 0.6) is 0 Å². The molecule has 0 aliphatic carbocycles. The highest BCUT2D eigenvalue weighted by atomic mass is 19.1. The van der Waals surface area contributed by atoms with Crippen LogP contribution in [0.25, 0.3) is 0 Å². The summed E-state index contributed by atoms with van der Waals surface area (Å²) < 4.78 is 17.3. The number of hydrogen-bond donors (Lipinski definition) is 2. The van der Waals surface area contributed by atoms with Crippen LogP contribution >= 0.6 is 0 Å². The molecule has 0 aliphatic rings. The Kier molecular flexibility index (Phi) is 2.55. The number of anilines is 2. The largest absolute Gasteiger partial charge is 0.398 e. The molecule has 1 amide bonds. The molecule has 1 aromatic heterocycles. The van der Waals surface area contributed by atoms with Crippen LogP contribution in [0.4, 0.5) is 15.9 Å². The molecule has 3 N–H and O–H groups in total. The fourth-order valence-electron chi connectivity index (χ4n) is 1.20. The maximum absolute atomic E-state index is 12.7. The fraction of sp³-hybridized carbons (Fsp3) is 0. The monoisotopic (exact) mass is 221 g/mol. The van der Waals surface area contributed by atoms with E-state index in [4.69, 9.17) is 5.73 Å². The van der Waals surface area contributed by atoms with Crippen LogP contribution in [0.1, 0.15) is 10.4 Å². The SMILES string of the molecule is Nc1cc(F)ccc1C(=O)Nc1ccon1. The van der Waals surface area contributed by atoms with Gasteiger partial charge in [-0.1, -0.05) is 5.16 Å². The van der Waals surface area contributed by atoms with Crippen LogP contribution < -0.4 is 11.1 Å². The van der Waals surface area contributed by atoms with E-state index in [0.29, 0.717) is 0 Å². The quantitative estimate of drug-likeness (QED) is 0.755. The highest BCUT2D eigenvalue weighted by Gasteiger charge is 2.11. The van der Waals surface area contributed by atoms with Crippen molar-refractivity contribution in [3.63, 3.8) is 0 Å². The zero-order valence-corrected chi connectivity index (χ0v) is 8.11. The van der Waals surface area contributed by atoms with Gasteiger partial charge in [-0.3, -0.25) is 4.79 Å². The summed E-state index contributed by atoms with van der Waals surface area (Å²) in [5.74, 6) is -0.685. The predicted octanol–water partition coefficient (Wildman–Crippen LogP) is 1.65. The van der Waals surface area contributed by atoms with E-state index in [9.17, 15) is 9.18 Å². The van der Waals surface area contributed by atoms with E-state index in [1.54, 1.807) is 0 Å². The first kappa shape index (κ1) is 10.2. The molecular formula is C10H8FN3O2. The molecule has 16 heavy (non-hydrogen) atoms. The lowest BCUT2D eigenvalue weighted by Crippen LogP contribution is -2.14. The van der Waals surface area contributed by atoms with Gasteiger partial charge in [0.25, 0.3) is 5.91 Å². The third kappa shape index (κ3) is 2.00. The zero-order valence-electron chi connectivity index (χ0n) is 8.11. The normalized spacial score (nSPS) is 10.1. The van der Waals surface area contributed by atoms with Gasteiger partial charge >= 0.3 is 0 Å². The molecule has 2 rings (SSSR count). The Morgan fingerprint density at radius 1 is 1.44 bits per heavy atom. The molecule has 5 nitrogen and oxygen atoms in total. The minimum absolute atomic E-state index is 0.0704. The summed E-state index contributed by atoms with van der Waals surface area (Å²) in [6, 6.07) is 5.03. The third-order valence-electron chi connectivity index (χ3n) is 1.94. The molecule has 0 atom stereocenters. The number of nitrogens with one attached hydrogen (secondary N) is 1. The van der Waals surface area contributed by atoms with Crippen molar-refractivity contribution in [2.75, 3.05) is 11.1 Å². The Balaban J connectivity index is 2.21. The number of halogens is 1. The Morgan fingerprint density at radius 2 is 2.25 bits per heavy atom. The van der Waals surface area contributed by atoms with Gasteiger partial charge in [-0.2, -0.15) is 0 Å². The van der Waals surface area contributed by atoms with E-state index in [0.717, 1.165) is 12.1 Å². The van der Waals surface area contributed by atoms with Gasteiger partial charge in [-0.25, -0.2) is 4.39 Å². The van der Waals surface area contributed by atoms with Crippen LogP contribution in [0, 0.1) is 5.82 Å². The molecule has 0 bridgehead atoms. The van der Waals surface area contributed by atoms with Crippen molar-refractivity contribution in [2.45, 2.75) is 0 Å². The van der Waals surface area contributed by atoms with E-state index in [-0.39, 0.29) is 17.1 Å². The Hall–Kier alpha value is -2.37. The minimum Gasteiger partial charge on any atom is -0.398 e. The Labute approximate surface area is 90.0 Å². The number of aromatic nitrogens is 1. The Morgan fingerprint density at radius 3 is 2.88 bits per heavy atom. The van der Waals surface area contributed by atoms with Gasteiger partial charge in [-0.15, -0.1) is 0 Å². The number of nitrogens with two attached hydrogens (primary N) is 1. The molecule has 6 heteroatoms. The smallest absolute Gasteiger partial charge is 0.258 e. The number of carbonyl (C=O) groups is 1. The van der Waals surface area contributed by atoms with E-state index in [2.05, 4.69) is 15.0 Å².